The van der Waals surface area contributed by atoms with E-state index in [1.807, 2.05) is 24.3 Å². The Balaban J connectivity index is 2.14. The van der Waals surface area contributed by atoms with Crippen LogP contribution >= 0.6 is 39.1 Å². The molecule has 1 aromatic carbocycles. The lowest BCUT2D eigenvalue weighted by Crippen LogP contribution is -1.99. The highest BCUT2D eigenvalue weighted by Crippen LogP contribution is 2.27. The first kappa shape index (κ1) is 13.5. The summed E-state index contributed by atoms with van der Waals surface area (Å²) in [6, 6.07) is 7.63. The van der Waals surface area contributed by atoms with Crippen LogP contribution in [0.25, 0.3) is 11.0 Å². The zero-order valence-corrected chi connectivity index (χ0v) is 12.9. The molecule has 0 aliphatic heterocycles. The molecular weight excluding hydrogens is 365 g/mol. The fourth-order valence-electron chi connectivity index (χ4n) is 1.68. The molecule has 0 saturated heterocycles. The highest BCUT2D eigenvalue weighted by Gasteiger charge is 2.11. The molecule has 0 atom stereocenters. The lowest BCUT2D eigenvalue weighted by molar-refractivity contribution is 1.15. The van der Waals surface area contributed by atoms with E-state index in [0.29, 0.717) is 16.9 Å². The van der Waals surface area contributed by atoms with E-state index in [-0.39, 0.29) is 10.4 Å². The molecule has 0 bridgehead atoms. The maximum absolute atomic E-state index is 5.99. The summed E-state index contributed by atoms with van der Waals surface area (Å²) in [4.78, 5) is 16.2. The number of hydrogen-bond acceptors (Lipinski definition) is 5. The van der Waals surface area contributed by atoms with Gasteiger partial charge in [-0.3, -0.25) is 0 Å². The molecule has 0 saturated carbocycles. The number of nitrogens with zero attached hydrogens (tertiary/aromatic N) is 4. The van der Waals surface area contributed by atoms with Crippen molar-refractivity contribution in [3.05, 3.63) is 45.5 Å². The van der Waals surface area contributed by atoms with Crippen LogP contribution in [0.5, 0.6) is 0 Å². The standard InChI is InChI=1S/C12H6BrCl2N5/c13-6-2-1-3-7(4-6)18-11-9-8(19-12(15)20-11)10(14)17-5-16-9/h1-5H,(H,18,19,20). The fourth-order valence-corrected chi connectivity index (χ4v) is 2.43. The van der Waals surface area contributed by atoms with Crippen molar-refractivity contribution in [3.8, 4) is 0 Å². The molecule has 0 spiro atoms. The Morgan fingerprint density at radius 3 is 2.70 bits per heavy atom. The molecule has 0 unspecified atom stereocenters. The van der Waals surface area contributed by atoms with Gasteiger partial charge in [0.2, 0.25) is 5.28 Å². The summed E-state index contributed by atoms with van der Waals surface area (Å²) >= 11 is 15.3. The predicted octanol–water partition coefficient (Wildman–Crippen LogP) is 4.23. The Labute approximate surface area is 132 Å². The molecule has 1 N–H and O–H groups in total. The summed E-state index contributed by atoms with van der Waals surface area (Å²) in [6.07, 6.45) is 1.36. The maximum atomic E-state index is 5.99. The molecule has 8 heteroatoms. The van der Waals surface area contributed by atoms with Gasteiger partial charge in [-0.1, -0.05) is 33.6 Å². The molecule has 5 nitrogen and oxygen atoms in total. The Morgan fingerprint density at radius 1 is 1.05 bits per heavy atom. The van der Waals surface area contributed by atoms with E-state index in [2.05, 4.69) is 41.2 Å². The van der Waals surface area contributed by atoms with Gasteiger partial charge in [-0.25, -0.2) is 15.0 Å². The van der Waals surface area contributed by atoms with Crippen LogP contribution in [0.3, 0.4) is 0 Å². The van der Waals surface area contributed by atoms with Crippen LogP contribution in [0.4, 0.5) is 11.5 Å². The van der Waals surface area contributed by atoms with Gasteiger partial charge in [-0.15, -0.1) is 0 Å². The van der Waals surface area contributed by atoms with Crippen molar-refractivity contribution in [2.75, 3.05) is 5.32 Å². The van der Waals surface area contributed by atoms with Crippen molar-refractivity contribution in [2.45, 2.75) is 0 Å². The van der Waals surface area contributed by atoms with Crippen molar-refractivity contribution in [1.29, 1.82) is 0 Å². The zero-order chi connectivity index (χ0) is 14.1. The van der Waals surface area contributed by atoms with Crippen LogP contribution in [0.2, 0.25) is 10.4 Å². The molecule has 20 heavy (non-hydrogen) atoms. The third-order valence-corrected chi connectivity index (χ3v) is 3.44. The minimum absolute atomic E-state index is 0.0756. The van der Waals surface area contributed by atoms with Gasteiger partial charge in [0, 0.05) is 10.2 Å². The molecule has 2 heterocycles. The summed E-state index contributed by atoms with van der Waals surface area (Å²) in [6.45, 7) is 0. The Morgan fingerprint density at radius 2 is 1.90 bits per heavy atom. The Hall–Kier alpha value is -1.50. The Kier molecular flexibility index (Phi) is 3.69. The number of hydrogen-bond donors (Lipinski definition) is 1. The molecule has 0 aliphatic rings. The van der Waals surface area contributed by atoms with Gasteiger partial charge in [-0.2, -0.15) is 4.98 Å². The molecule has 3 aromatic rings. The summed E-state index contributed by atoms with van der Waals surface area (Å²) < 4.78 is 0.944. The summed E-state index contributed by atoms with van der Waals surface area (Å²) in [7, 11) is 0. The molecule has 0 fully saturated rings. The summed E-state index contributed by atoms with van der Waals surface area (Å²) in [5, 5.41) is 3.45. The van der Waals surface area contributed by atoms with Gasteiger partial charge in [-0.05, 0) is 29.8 Å². The van der Waals surface area contributed by atoms with E-state index in [9.17, 15) is 0 Å². The average molecular weight is 371 g/mol. The third kappa shape index (κ3) is 2.67. The van der Waals surface area contributed by atoms with Gasteiger partial charge in [0.1, 0.15) is 17.4 Å². The van der Waals surface area contributed by atoms with Gasteiger partial charge in [0.05, 0.1) is 0 Å². The van der Waals surface area contributed by atoms with Gasteiger partial charge >= 0.3 is 0 Å². The largest absolute Gasteiger partial charge is 0.338 e. The molecule has 100 valence electrons. The monoisotopic (exact) mass is 369 g/mol. The van der Waals surface area contributed by atoms with E-state index < -0.39 is 0 Å². The van der Waals surface area contributed by atoms with Crippen molar-refractivity contribution in [3.63, 3.8) is 0 Å². The van der Waals surface area contributed by atoms with E-state index >= 15 is 0 Å². The lowest BCUT2D eigenvalue weighted by atomic mass is 10.3. The van der Waals surface area contributed by atoms with Crippen molar-refractivity contribution in [1.82, 2.24) is 19.9 Å². The number of anilines is 2. The van der Waals surface area contributed by atoms with E-state index in [0.717, 1.165) is 10.2 Å². The zero-order valence-electron chi connectivity index (χ0n) is 9.81. The molecular formula is C12H6BrCl2N5. The minimum atomic E-state index is 0.0756. The first-order valence-corrected chi connectivity index (χ1v) is 7.05. The molecule has 2 aromatic heterocycles. The second-order valence-electron chi connectivity index (χ2n) is 3.84. The van der Waals surface area contributed by atoms with Crippen LogP contribution in [0.1, 0.15) is 0 Å². The van der Waals surface area contributed by atoms with Crippen LogP contribution in [0, 0.1) is 0 Å². The minimum Gasteiger partial charge on any atom is -0.338 e. The van der Waals surface area contributed by atoms with E-state index in [1.165, 1.54) is 6.33 Å². The quantitative estimate of drug-likeness (QED) is 0.540. The van der Waals surface area contributed by atoms with Gasteiger partial charge < -0.3 is 5.32 Å². The molecule has 0 aliphatic carbocycles. The highest BCUT2D eigenvalue weighted by molar-refractivity contribution is 9.10. The molecule has 3 rings (SSSR count). The average Bonchev–Trinajstić information content (AvgIpc) is 2.40. The number of nitrogens with one attached hydrogen (secondary N) is 1. The first-order chi connectivity index (χ1) is 9.63. The first-order valence-electron chi connectivity index (χ1n) is 5.50. The third-order valence-electron chi connectivity index (χ3n) is 2.50. The van der Waals surface area contributed by atoms with E-state index in [1.54, 1.807) is 0 Å². The molecule has 0 radical (unpaired) electrons. The smallest absolute Gasteiger partial charge is 0.225 e. The van der Waals surface area contributed by atoms with Gasteiger partial charge in [0.25, 0.3) is 0 Å². The normalized spacial score (nSPS) is 10.8. The molecule has 0 amide bonds. The van der Waals surface area contributed by atoms with Crippen molar-refractivity contribution < 1.29 is 0 Å². The summed E-state index contributed by atoms with van der Waals surface area (Å²) in [5.41, 5.74) is 1.76. The van der Waals surface area contributed by atoms with Crippen LogP contribution in [-0.2, 0) is 0 Å². The number of fused-ring (bicyclic) bond motifs is 1. The van der Waals surface area contributed by atoms with Crippen LogP contribution in [0.15, 0.2) is 35.1 Å². The van der Waals surface area contributed by atoms with Crippen LogP contribution < -0.4 is 5.32 Å². The predicted molar refractivity (Wildman–Crippen MR) is 82.6 cm³/mol. The second-order valence-corrected chi connectivity index (χ2v) is 5.45. The van der Waals surface area contributed by atoms with Crippen molar-refractivity contribution in [2.24, 2.45) is 0 Å². The fraction of sp³-hybridized carbons (Fsp3) is 0. The SMILES string of the molecule is Clc1nc(Nc2cccc(Br)c2)c2ncnc(Cl)c2n1. The van der Waals surface area contributed by atoms with E-state index in [4.69, 9.17) is 23.2 Å². The van der Waals surface area contributed by atoms with Crippen LogP contribution in [-0.4, -0.2) is 19.9 Å². The highest BCUT2D eigenvalue weighted by atomic mass is 79.9. The number of aromatic nitrogens is 4. The second kappa shape index (κ2) is 5.47. The number of halogens is 3. The maximum Gasteiger partial charge on any atom is 0.225 e. The van der Waals surface area contributed by atoms with Gasteiger partial charge in [0.15, 0.2) is 11.0 Å². The topological polar surface area (TPSA) is 63.6 Å². The number of rotatable bonds is 2. The lowest BCUT2D eigenvalue weighted by Gasteiger charge is -2.08. The Bertz CT molecular complexity index is 796. The van der Waals surface area contributed by atoms with Crippen molar-refractivity contribution >= 4 is 61.7 Å². The summed E-state index contributed by atoms with van der Waals surface area (Å²) in [5.74, 6) is 0.474. The number of benzene rings is 1.